The molecule has 3 aromatic rings. The number of hydrogen-bond acceptors (Lipinski definition) is 4. The smallest absolute Gasteiger partial charge is 0.264 e. The predicted octanol–water partition coefficient (Wildman–Crippen LogP) is 5.06. The van der Waals surface area contributed by atoms with Crippen LogP contribution < -0.4 is 9.62 Å². The summed E-state index contributed by atoms with van der Waals surface area (Å²) in [4.78, 5) is 28.9. The zero-order valence-electron chi connectivity index (χ0n) is 22.6. The van der Waals surface area contributed by atoms with E-state index in [2.05, 4.69) is 5.32 Å². The Hall–Kier alpha value is -3.65. The minimum absolute atomic E-state index is 0.0936. The Morgan fingerprint density at radius 1 is 0.872 bits per heavy atom. The Labute approximate surface area is 231 Å². The number of aryl methyl sites for hydroxylation is 1. The molecule has 0 aromatic heterocycles. The number of anilines is 1. The minimum atomic E-state index is -4.05. The highest BCUT2D eigenvalue weighted by atomic mass is 32.2. The van der Waals surface area contributed by atoms with E-state index in [1.165, 1.54) is 23.5 Å². The monoisotopic (exact) mass is 547 g/mol. The van der Waals surface area contributed by atoms with Gasteiger partial charge in [-0.25, -0.2) is 8.42 Å². The number of carbonyl (C=O) groups is 2. The van der Waals surface area contributed by atoms with Crippen molar-refractivity contribution in [3.05, 3.63) is 96.1 Å². The molecular formula is C31H37N3O4S. The zero-order chi connectivity index (χ0) is 27.8. The van der Waals surface area contributed by atoms with Gasteiger partial charge in [-0.05, 0) is 56.5 Å². The molecule has 1 N–H and O–H groups in total. The molecule has 206 valence electrons. The van der Waals surface area contributed by atoms with Gasteiger partial charge in [0.25, 0.3) is 10.0 Å². The molecule has 0 unspecified atom stereocenters. The summed E-state index contributed by atoms with van der Waals surface area (Å²) in [6, 6.07) is 23.9. The predicted molar refractivity (Wildman–Crippen MR) is 154 cm³/mol. The topological polar surface area (TPSA) is 86.8 Å². The van der Waals surface area contributed by atoms with Gasteiger partial charge < -0.3 is 10.2 Å². The van der Waals surface area contributed by atoms with Crippen LogP contribution in [0.15, 0.2) is 89.8 Å². The molecule has 1 fully saturated rings. The van der Waals surface area contributed by atoms with Crippen LogP contribution in [0.3, 0.4) is 0 Å². The highest BCUT2D eigenvalue weighted by molar-refractivity contribution is 7.92. The van der Waals surface area contributed by atoms with Crippen molar-refractivity contribution in [2.24, 2.45) is 0 Å². The van der Waals surface area contributed by atoms with Gasteiger partial charge in [-0.2, -0.15) is 0 Å². The van der Waals surface area contributed by atoms with Crippen molar-refractivity contribution in [3.8, 4) is 0 Å². The summed E-state index contributed by atoms with van der Waals surface area (Å²) >= 11 is 0. The van der Waals surface area contributed by atoms with E-state index in [4.69, 9.17) is 0 Å². The molecule has 1 aliphatic carbocycles. The normalized spacial score (nSPS) is 14.8. The first-order valence-electron chi connectivity index (χ1n) is 13.5. The molecule has 1 atom stereocenters. The second-order valence-corrected chi connectivity index (χ2v) is 12.0. The van der Waals surface area contributed by atoms with Crippen molar-refractivity contribution in [3.63, 3.8) is 0 Å². The number of nitrogens with one attached hydrogen (secondary N) is 1. The molecular weight excluding hydrogens is 510 g/mol. The Balaban J connectivity index is 1.64. The first kappa shape index (κ1) is 28.4. The Morgan fingerprint density at radius 3 is 2.08 bits per heavy atom. The van der Waals surface area contributed by atoms with Crippen LogP contribution in [-0.2, 0) is 26.2 Å². The van der Waals surface area contributed by atoms with Crippen LogP contribution >= 0.6 is 0 Å². The summed E-state index contributed by atoms with van der Waals surface area (Å²) < 4.78 is 28.7. The third-order valence-electron chi connectivity index (χ3n) is 7.25. The molecule has 7 nitrogen and oxygen atoms in total. The van der Waals surface area contributed by atoms with Crippen LogP contribution in [0.4, 0.5) is 5.69 Å². The molecule has 4 rings (SSSR count). The molecule has 0 saturated heterocycles. The third-order valence-corrected chi connectivity index (χ3v) is 9.03. The van der Waals surface area contributed by atoms with E-state index in [0.717, 1.165) is 41.1 Å². The van der Waals surface area contributed by atoms with Crippen LogP contribution in [0.2, 0.25) is 0 Å². The molecule has 0 aliphatic heterocycles. The van der Waals surface area contributed by atoms with Crippen molar-refractivity contribution in [1.29, 1.82) is 0 Å². The number of amides is 2. The Kier molecular flexibility index (Phi) is 9.41. The largest absolute Gasteiger partial charge is 0.352 e. The molecule has 1 saturated carbocycles. The van der Waals surface area contributed by atoms with E-state index < -0.39 is 28.5 Å². The van der Waals surface area contributed by atoms with Crippen LogP contribution in [-0.4, -0.2) is 43.8 Å². The van der Waals surface area contributed by atoms with Crippen LogP contribution in [0.5, 0.6) is 0 Å². The van der Waals surface area contributed by atoms with Crippen LogP contribution in [0.1, 0.15) is 50.2 Å². The average molecular weight is 548 g/mol. The average Bonchev–Trinajstić information content (AvgIpc) is 2.96. The maximum Gasteiger partial charge on any atom is 0.264 e. The number of nitrogens with zero attached hydrogens (tertiary/aromatic N) is 2. The van der Waals surface area contributed by atoms with Gasteiger partial charge >= 0.3 is 0 Å². The molecule has 0 radical (unpaired) electrons. The third kappa shape index (κ3) is 7.26. The van der Waals surface area contributed by atoms with Crippen molar-refractivity contribution >= 4 is 27.5 Å². The van der Waals surface area contributed by atoms with E-state index in [1.54, 1.807) is 37.3 Å². The molecule has 3 aromatic carbocycles. The molecule has 1 aliphatic rings. The molecule has 2 amide bonds. The number of hydrogen-bond donors (Lipinski definition) is 1. The zero-order valence-corrected chi connectivity index (χ0v) is 23.4. The summed E-state index contributed by atoms with van der Waals surface area (Å²) in [5.74, 6) is -0.677. The van der Waals surface area contributed by atoms with Gasteiger partial charge in [0.05, 0.1) is 10.6 Å². The Morgan fingerprint density at radius 2 is 1.46 bits per heavy atom. The lowest BCUT2D eigenvalue weighted by Crippen LogP contribution is -2.53. The first-order chi connectivity index (χ1) is 18.8. The van der Waals surface area contributed by atoms with Gasteiger partial charge in [0.15, 0.2) is 0 Å². The lowest BCUT2D eigenvalue weighted by Gasteiger charge is -2.33. The molecule has 0 spiro atoms. The second kappa shape index (κ2) is 12.9. The van der Waals surface area contributed by atoms with E-state index in [9.17, 15) is 18.0 Å². The molecule has 0 bridgehead atoms. The van der Waals surface area contributed by atoms with Crippen LogP contribution in [0, 0.1) is 6.92 Å². The van der Waals surface area contributed by atoms with E-state index in [1.807, 2.05) is 49.4 Å². The fourth-order valence-corrected chi connectivity index (χ4v) is 6.33. The quantitative estimate of drug-likeness (QED) is 0.385. The summed E-state index contributed by atoms with van der Waals surface area (Å²) in [5, 5.41) is 3.12. The summed E-state index contributed by atoms with van der Waals surface area (Å²) in [7, 11) is -4.05. The Bertz CT molecular complexity index is 1340. The fourth-order valence-electron chi connectivity index (χ4n) is 4.89. The van der Waals surface area contributed by atoms with Crippen molar-refractivity contribution in [2.45, 2.75) is 69.5 Å². The van der Waals surface area contributed by atoms with Gasteiger partial charge in [0, 0.05) is 12.6 Å². The second-order valence-electron chi connectivity index (χ2n) is 10.2. The minimum Gasteiger partial charge on any atom is -0.352 e. The highest BCUT2D eigenvalue weighted by Crippen LogP contribution is 2.25. The number of rotatable bonds is 10. The highest BCUT2D eigenvalue weighted by Gasteiger charge is 2.33. The number of carbonyl (C=O) groups excluding carboxylic acids is 2. The van der Waals surface area contributed by atoms with Gasteiger partial charge in [-0.3, -0.25) is 13.9 Å². The van der Waals surface area contributed by atoms with E-state index in [-0.39, 0.29) is 23.4 Å². The summed E-state index contributed by atoms with van der Waals surface area (Å²) in [6.07, 6.45) is 5.19. The molecule has 8 heteroatoms. The van der Waals surface area contributed by atoms with Gasteiger partial charge in [0.2, 0.25) is 11.8 Å². The fraction of sp³-hybridized carbons (Fsp3) is 0.355. The van der Waals surface area contributed by atoms with Crippen molar-refractivity contribution in [1.82, 2.24) is 10.2 Å². The van der Waals surface area contributed by atoms with Crippen molar-refractivity contribution in [2.75, 3.05) is 10.8 Å². The van der Waals surface area contributed by atoms with E-state index in [0.29, 0.717) is 5.69 Å². The van der Waals surface area contributed by atoms with E-state index >= 15 is 0 Å². The first-order valence-corrected chi connectivity index (χ1v) is 15.0. The summed E-state index contributed by atoms with van der Waals surface area (Å²) in [5.41, 5.74) is 2.22. The van der Waals surface area contributed by atoms with Crippen LogP contribution in [0.25, 0.3) is 0 Å². The van der Waals surface area contributed by atoms with Crippen molar-refractivity contribution < 1.29 is 18.0 Å². The van der Waals surface area contributed by atoms with Gasteiger partial charge in [-0.15, -0.1) is 0 Å². The molecule has 39 heavy (non-hydrogen) atoms. The lowest BCUT2D eigenvalue weighted by molar-refractivity contribution is -0.139. The number of benzene rings is 3. The summed E-state index contributed by atoms with van der Waals surface area (Å²) in [6.45, 7) is 3.38. The molecule has 0 heterocycles. The number of sulfonamides is 1. The van der Waals surface area contributed by atoms with Gasteiger partial charge in [-0.1, -0.05) is 85.5 Å². The SMILES string of the molecule is Cc1ccc(N(CC(=O)N(Cc2ccccc2)[C@@H](C)C(=O)NC2CCCCC2)S(=O)(=O)c2ccccc2)cc1. The standard InChI is InChI=1S/C31H37N3O4S/c1-24-18-20-28(21-19-24)34(39(37,38)29-16-10-5-11-17-29)23-30(35)33(22-26-12-6-3-7-13-26)25(2)31(36)32-27-14-8-4-9-15-27/h3,5-7,10-13,16-21,25,27H,4,8-9,14-15,22-23H2,1-2H3,(H,32,36)/t25-/m0/s1. The maximum atomic E-state index is 14.0. The maximum absolute atomic E-state index is 14.0. The van der Waals surface area contributed by atoms with Gasteiger partial charge in [0.1, 0.15) is 12.6 Å². The lowest BCUT2D eigenvalue weighted by atomic mass is 9.95.